The second kappa shape index (κ2) is 15.6. The first-order chi connectivity index (χ1) is 20.9. The fourth-order valence-electron chi connectivity index (χ4n) is 5.68. The van der Waals surface area contributed by atoms with E-state index in [4.69, 9.17) is 21.6 Å². The Hall–Kier alpha value is -4.07. The number of likely N-dealkylation sites (N-methyl/N-ethyl adjacent to an activating group) is 1. The average molecular weight is 622 g/mol. The number of hydrogen-bond acceptors (Lipinski definition) is 7. The van der Waals surface area contributed by atoms with Gasteiger partial charge in [0.25, 0.3) is 0 Å². The Labute approximate surface area is 266 Å². The Kier molecular flexibility index (Phi) is 12.2. The number of aryl methyl sites for hydroxylation is 1. The van der Waals surface area contributed by atoms with E-state index in [0.29, 0.717) is 42.5 Å². The van der Waals surface area contributed by atoms with E-state index < -0.39 is 11.9 Å². The molecule has 1 aromatic carbocycles. The number of ether oxygens (including phenoxy) is 1. The third kappa shape index (κ3) is 8.30. The maximum atomic E-state index is 12.7. The first-order valence-corrected chi connectivity index (χ1v) is 15.1. The lowest BCUT2D eigenvalue weighted by atomic mass is 9.84. The number of benzene rings is 1. The monoisotopic (exact) mass is 621 g/mol. The van der Waals surface area contributed by atoms with Crippen LogP contribution in [-0.2, 0) is 16.6 Å². The molecule has 10 nitrogen and oxygen atoms in total. The molecule has 0 saturated carbocycles. The number of piperazine rings is 1. The third-order valence-electron chi connectivity index (χ3n) is 7.65. The van der Waals surface area contributed by atoms with Crippen LogP contribution in [0.25, 0.3) is 5.57 Å². The van der Waals surface area contributed by atoms with Crippen molar-refractivity contribution in [3.8, 4) is 6.07 Å². The summed E-state index contributed by atoms with van der Waals surface area (Å²) in [5, 5.41) is 12.7. The molecular weight excluding hydrogens is 578 g/mol. The molecule has 0 bridgehead atoms. The van der Waals surface area contributed by atoms with Crippen LogP contribution in [0.5, 0.6) is 0 Å². The number of carbonyl (C=O) groups excluding carboxylic acids is 2. The number of imidazole rings is 1. The molecule has 1 aliphatic rings. The van der Waals surface area contributed by atoms with Crippen LogP contribution in [0.15, 0.2) is 61.7 Å². The molecule has 0 radical (unpaired) electrons. The van der Waals surface area contributed by atoms with Gasteiger partial charge in [0.2, 0.25) is 5.91 Å². The molecule has 2 aromatic rings. The van der Waals surface area contributed by atoms with Gasteiger partial charge in [-0.25, -0.2) is 9.78 Å². The van der Waals surface area contributed by atoms with Crippen LogP contribution in [0, 0.1) is 11.3 Å². The standard InChI is InChI=1S/C33H44ClN7O3/c1-9-14-38(7)31(22(2)3)32(40-15-17-41(18-16-40)33(43)44-23(4)5)26-11-10-25(34)19-27(26)24(6)30(37-29(42)12-13-35)28-20-36-21-39(28)8/h9-11,14,19-21,23,30-32H,2,6,12,15-18H2,1,3-5,7-8H3,(H,37,42)/b14-9-. The molecule has 3 unspecified atom stereocenters. The minimum Gasteiger partial charge on any atom is -0.447 e. The Balaban J connectivity index is 2.14. The zero-order chi connectivity index (χ0) is 32.6. The number of amides is 2. The minimum atomic E-state index is -0.666. The van der Waals surface area contributed by atoms with Crippen molar-refractivity contribution < 1.29 is 14.3 Å². The fourth-order valence-corrected chi connectivity index (χ4v) is 5.85. The first-order valence-electron chi connectivity index (χ1n) is 14.7. The average Bonchev–Trinajstić information content (AvgIpc) is 3.39. The molecular formula is C33H44ClN7O3. The van der Waals surface area contributed by atoms with Crippen molar-refractivity contribution in [3.63, 3.8) is 0 Å². The van der Waals surface area contributed by atoms with Gasteiger partial charge in [0.15, 0.2) is 0 Å². The highest BCUT2D eigenvalue weighted by Crippen LogP contribution is 2.40. The van der Waals surface area contributed by atoms with Crippen LogP contribution >= 0.6 is 11.6 Å². The van der Waals surface area contributed by atoms with Gasteiger partial charge in [-0.2, -0.15) is 5.26 Å². The Morgan fingerprint density at radius 3 is 2.48 bits per heavy atom. The summed E-state index contributed by atoms with van der Waals surface area (Å²) in [6.45, 7) is 18.7. The summed E-state index contributed by atoms with van der Waals surface area (Å²) in [4.78, 5) is 35.9. The lowest BCUT2D eigenvalue weighted by Gasteiger charge is -2.45. The molecule has 1 fully saturated rings. The third-order valence-corrected chi connectivity index (χ3v) is 7.89. The molecule has 11 heteroatoms. The summed E-state index contributed by atoms with van der Waals surface area (Å²) < 4.78 is 7.27. The molecule has 1 saturated heterocycles. The van der Waals surface area contributed by atoms with Gasteiger partial charge in [0.05, 0.1) is 48.5 Å². The van der Waals surface area contributed by atoms with Crippen molar-refractivity contribution in [1.82, 2.24) is 29.6 Å². The van der Waals surface area contributed by atoms with Crippen molar-refractivity contribution in [1.29, 1.82) is 5.26 Å². The smallest absolute Gasteiger partial charge is 0.410 e. The summed E-state index contributed by atoms with van der Waals surface area (Å²) in [7, 11) is 3.86. The highest BCUT2D eigenvalue weighted by molar-refractivity contribution is 6.30. The molecule has 0 aliphatic carbocycles. The summed E-state index contributed by atoms with van der Waals surface area (Å²) in [6.07, 6.45) is 6.54. The van der Waals surface area contributed by atoms with Crippen LogP contribution in [-0.4, -0.2) is 81.6 Å². The first kappa shape index (κ1) is 34.4. The topological polar surface area (TPSA) is 107 Å². The minimum absolute atomic E-state index is 0.156. The van der Waals surface area contributed by atoms with E-state index in [-0.39, 0.29) is 30.7 Å². The number of halogens is 1. The van der Waals surface area contributed by atoms with Crippen LogP contribution in [0.1, 0.15) is 63.0 Å². The van der Waals surface area contributed by atoms with E-state index in [9.17, 15) is 9.59 Å². The van der Waals surface area contributed by atoms with Crippen LogP contribution in [0.2, 0.25) is 5.02 Å². The van der Waals surface area contributed by atoms with E-state index >= 15 is 0 Å². The molecule has 44 heavy (non-hydrogen) atoms. The number of nitrogens with one attached hydrogen (secondary N) is 1. The summed E-state index contributed by atoms with van der Waals surface area (Å²) in [6, 6.07) is 6.60. The van der Waals surface area contributed by atoms with Gasteiger partial charge in [-0.15, -0.1) is 0 Å². The lowest BCUT2D eigenvalue weighted by molar-refractivity contribution is -0.120. The molecule has 2 amide bonds. The van der Waals surface area contributed by atoms with Gasteiger partial charge in [-0.05, 0) is 62.7 Å². The number of allylic oxidation sites excluding steroid dienone is 1. The van der Waals surface area contributed by atoms with Crippen molar-refractivity contribution in [2.24, 2.45) is 7.05 Å². The van der Waals surface area contributed by atoms with Gasteiger partial charge >= 0.3 is 6.09 Å². The van der Waals surface area contributed by atoms with Gasteiger partial charge in [-0.1, -0.05) is 42.5 Å². The summed E-state index contributed by atoms with van der Waals surface area (Å²) in [5.41, 5.74) is 3.99. The SMILES string of the molecule is C=C(c1cc(Cl)ccc1C(C(C(=C)C)N(C)/C=C\C)N1CCN(C(=O)OC(C)C)CC1)C(NC(=O)CC#N)c1cncn1C. The predicted octanol–water partition coefficient (Wildman–Crippen LogP) is 5.47. The van der Waals surface area contributed by atoms with E-state index in [1.165, 1.54) is 0 Å². The van der Waals surface area contributed by atoms with E-state index in [2.05, 4.69) is 33.3 Å². The molecule has 236 valence electrons. The number of aromatic nitrogens is 2. The zero-order valence-electron chi connectivity index (χ0n) is 26.6. The highest BCUT2D eigenvalue weighted by atomic mass is 35.5. The van der Waals surface area contributed by atoms with Crippen LogP contribution in [0.4, 0.5) is 4.79 Å². The lowest BCUT2D eigenvalue weighted by Crippen LogP contribution is -2.53. The van der Waals surface area contributed by atoms with Crippen molar-refractivity contribution in [3.05, 3.63) is 83.6 Å². The number of nitriles is 1. The predicted molar refractivity (Wildman–Crippen MR) is 173 cm³/mol. The number of hydrogen-bond donors (Lipinski definition) is 1. The maximum Gasteiger partial charge on any atom is 0.410 e. The number of rotatable bonds is 12. The Morgan fingerprint density at radius 2 is 1.93 bits per heavy atom. The second-order valence-electron chi connectivity index (χ2n) is 11.4. The quantitative estimate of drug-likeness (QED) is 0.313. The molecule has 1 aliphatic heterocycles. The van der Waals surface area contributed by atoms with Crippen LogP contribution < -0.4 is 5.32 Å². The number of nitrogens with zero attached hydrogens (tertiary/aromatic N) is 6. The molecule has 0 spiro atoms. The molecule has 1 aromatic heterocycles. The molecule has 1 N–H and O–H groups in total. The zero-order valence-corrected chi connectivity index (χ0v) is 27.3. The summed E-state index contributed by atoms with van der Waals surface area (Å²) >= 11 is 6.62. The maximum absolute atomic E-state index is 12.7. The highest BCUT2D eigenvalue weighted by Gasteiger charge is 2.37. The molecule has 3 atom stereocenters. The van der Waals surface area contributed by atoms with E-state index in [1.807, 2.05) is 82.9 Å². The van der Waals surface area contributed by atoms with Gasteiger partial charge in [-0.3, -0.25) is 9.69 Å². The van der Waals surface area contributed by atoms with Crippen molar-refractivity contribution in [2.75, 3.05) is 33.2 Å². The Bertz CT molecular complexity index is 1420. The van der Waals surface area contributed by atoms with E-state index in [0.717, 1.165) is 16.7 Å². The van der Waals surface area contributed by atoms with Gasteiger partial charge in [0, 0.05) is 45.3 Å². The van der Waals surface area contributed by atoms with E-state index in [1.54, 1.807) is 17.4 Å². The van der Waals surface area contributed by atoms with Crippen molar-refractivity contribution >= 4 is 29.2 Å². The van der Waals surface area contributed by atoms with Gasteiger partial charge < -0.3 is 24.4 Å². The largest absolute Gasteiger partial charge is 0.447 e. The van der Waals surface area contributed by atoms with Crippen LogP contribution in [0.3, 0.4) is 0 Å². The molecule has 3 rings (SSSR count). The van der Waals surface area contributed by atoms with Crippen molar-refractivity contribution in [2.45, 2.75) is 58.3 Å². The normalized spacial score (nSPS) is 15.8. The number of carbonyl (C=O) groups is 2. The van der Waals surface area contributed by atoms with Gasteiger partial charge in [0.1, 0.15) is 6.42 Å². The second-order valence-corrected chi connectivity index (χ2v) is 11.8. The fraction of sp³-hybridized carbons (Fsp3) is 0.455. The Morgan fingerprint density at radius 1 is 1.25 bits per heavy atom. The summed E-state index contributed by atoms with van der Waals surface area (Å²) in [5.74, 6) is -0.419. The molecule has 2 heterocycles.